The van der Waals surface area contributed by atoms with Crippen molar-refractivity contribution in [1.29, 1.82) is 0 Å². The number of aliphatic hydroxyl groups is 1. The third-order valence-electron chi connectivity index (χ3n) is 0.208. The van der Waals surface area contributed by atoms with Crippen LogP contribution in [0.2, 0.25) is 0 Å². The second-order valence-corrected chi connectivity index (χ2v) is 0.707. The Balaban J connectivity index is -0.000000125. The van der Waals surface area contributed by atoms with Gasteiger partial charge in [-0.15, -0.1) is 0 Å². The van der Waals surface area contributed by atoms with E-state index >= 15 is 0 Å². The van der Waals surface area contributed by atoms with E-state index < -0.39 is 12.8 Å². The van der Waals surface area contributed by atoms with Crippen molar-refractivity contribution in [1.82, 2.24) is 0 Å². The van der Waals surface area contributed by atoms with Crippen LogP contribution in [0.15, 0.2) is 0 Å². The normalized spacial score (nSPS) is 13.3. The fourth-order valence-electron chi connectivity index (χ4n) is 0. The molecule has 0 aromatic rings. The minimum atomic E-state index is -3.26. The number of rotatable bonds is 1. The standard InChI is InChI=1S/C2H3F3O.Li.H/c3-1(4)2(5)6;;/h1-2,6H;;/q;+1;-1. The summed E-state index contributed by atoms with van der Waals surface area (Å²) in [4.78, 5) is 0. The Morgan fingerprint density at radius 1 is 1.29 bits per heavy atom. The fourth-order valence-corrected chi connectivity index (χ4v) is 0. The van der Waals surface area contributed by atoms with Gasteiger partial charge in [-0.2, -0.15) is 0 Å². The van der Waals surface area contributed by atoms with E-state index in [9.17, 15) is 13.2 Å². The van der Waals surface area contributed by atoms with Crippen LogP contribution in [0.5, 0.6) is 0 Å². The quantitative estimate of drug-likeness (QED) is 0.373. The Labute approximate surface area is 52.2 Å². The Bertz CT molecular complexity index is 38.3. The zero-order valence-electron chi connectivity index (χ0n) is 4.74. The molecule has 0 aromatic heterocycles. The molecule has 0 heterocycles. The molecule has 0 aliphatic rings. The second-order valence-electron chi connectivity index (χ2n) is 0.707. The van der Waals surface area contributed by atoms with Crippen molar-refractivity contribution in [3.8, 4) is 0 Å². The Morgan fingerprint density at radius 3 is 1.43 bits per heavy atom. The van der Waals surface area contributed by atoms with Crippen LogP contribution in [0, 0.1) is 0 Å². The van der Waals surface area contributed by atoms with Gasteiger partial charge >= 0.3 is 18.9 Å². The SMILES string of the molecule is OC(F)C(F)F.[H-].[Li+]. The zero-order valence-corrected chi connectivity index (χ0v) is 3.74. The average molecular weight is 108 g/mol. The van der Waals surface area contributed by atoms with Gasteiger partial charge in [0.2, 0.25) is 0 Å². The molecule has 0 aliphatic heterocycles. The van der Waals surface area contributed by atoms with E-state index in [0.29, 0.717) is 0 Å². The van der Waals surface area contributed by atoms with Gasteiger partial charge in [-0.1, -0.05) is 0 Å². The molecule has 40 valence electrons. The third-order valence-corrected chi connectivity index (χ3v) is 0.208. The van der Waals surface area contributed by atoms with Crippen LogP contribution in [0.3, 0.4) is 0 Å². The first-order valence-corrected chi connectivity index (χ1v) is 1.25. The summed E-state index contributed by atoms with van der Waals surface area (Å²) in [6.07, 6.45) is -6.24. The van der Waals surface area contributed by atoms with Crippen molar-refractivity contribution in [2.45, 2.75) is 12.8 Å². The Hall–Kier alpha value is 0.347. The fraction of sp³-hybridized carbons (Fsp3) is 1.00. The van der Waals surface area contributed by atoms with Gasteiger partial charge in [-0.3, -0.25) is 0 Å². The third kappa shape index (κ3) is 6.35. The minimum Gasteiger partial charge on any atom is -1.00 e. The van der Waals surface area contributed by atoms with Gasteiger partial charge in [0.1, 0.15) is 0 Å². The maximum atomic E-state index is 10.6. The Morgan fingerprint density at radius 2 is 1.43 bits per heavy atom. The van der Waals surface area contributed by atoms with E-state index in [2.05, 4.69) is 0 Å². The van der Waals surface area contributed by atoms with Gasteiger partial charge < -0.3 is 6.53 Å². The van der Waals surface area contributed by atoms with Crippen LogP contribution >= 0.6 is 0 Å². The first-order valence-electron chi connectivity index (χ1n) is 1.25. The summed E-state index contributed by atoms with van der Waals surface area (Å²) >= 11 is 0. The summed E-state index contributed by atoms with van der Waals surface area (Å²) in [5.41, 5.74) is 0. The van der Waals surface area contributed by atoms with E-state index in [1.807, 2.05) is 0 Å². The summed E-state index contributed by atoms with van der Waals surface area (Å²) in [5, 5.41) is 7.21. The molecule has 0 fully saturated rings. The van der Waals surface area contributed by atoms with Crippen molar-refractivity contribution in [2.75, 3.05) is 0 Å². The Kier molecular flexibility index (Phi) is 6.66. The summed E-state index contributed by atoms with van der Waals surface area (Å²) in [6, 6.07) is 0. The molecule has 0 aromatic carbocycles. The monoisotopic (exact) mass is 108 g/mol. The van der Waals surface area contributed by atoms with Crippen molar-refractivity contribution in [3.05, 3.63) is 0 Å². The molecule has 0 spiro atoms. The molecule has 0 bridgehead atoms. The van der Waals surface area contributed by atoms with Crippen molar-refractivity contribution >= 4 is 0 Å². The maximum absolute atomic E-state index is 10.6. The predicted octanol–water partition coefficient (Wildman–Crippen LogP) is -2.34. The van der Waals surface area contributed by atoms with Crippen LogP contribution in [-0.4, -0.2) is 17.9 Å². The van der Waals surface area contributed by atoms with Crippen molar-refractivity contribution in [2.24, 2.45) is 0 Å². The van der Waals surface area contributed by atoms with Crippen LogP contribution < -0.4 is 18.9 Å². The average Bonchev–Trinajstić information content (AvgIpc) is 1.36. The summed E-state index contributed by atoms with van der Waals surface area (Å²) < 4.78 is 31.7. The summed E-state index contributed by atoms with van der Waals surface area (Å²) in [7, 11) is 0. The van der Waals surface area contributed by atoms with Gasteiger partial charge in [0, 0.05) is 0 Å². The maximum Gasteiger partial charge on any atom is 1.00 e. The van der Waals surface area contributed by atoms with E-state index in [1.165, 1.54) is 0 Å². The molecule has 0 radical (unpaired) electrons. The van der Waals surface area contributed by atoms with E-state index in [-0.39, 0.29) is 20.3 Å². The molecule has 1 atom stereocenters. The first-order chi connectivity index (χ1) is 2.64. The molecule has 0 amide bonds. The first kappa shape index (κ1) is 10.4. The van der Waals surface area contributed by atoms with Gasteiger partial charge in [0.05, 0.1) is 0 Å². The number of alkyl halides is 3. The number of hydrogen-bond donors (Lipinski definition) is 1. The molecule has 1 unspecified atom stereocenters. The summed E-state index contributed by atoms with van der Waals surface area (Å²) in [5.74, 6) is 0. The van der Waals surface area contributed by atoms with Crippen molar-refractivity contribution < 1.29 is 38.6 Å². The predicted molar refractivity (Wildman–Crippen MR) is 14.2 cm³/mol. The molecule has 5 heteroatoms. The van der Waals surface area contributed by atoms with Gasteiger partial charge in [0.25, 0.3) is 12.8 Å². The van der Waals surface area contributed by atoms with Crippen LogP contribution in [0.4, 0.5) is 13.2 Å². The van der Waals surface area contributed by atoms with Gasteiger partial charge in [-0.25, -0.2) is 13.2 Å². The molecule has 7 heavy (non-hydrogen) atoms. The second kappa shape index (κ2) is 4.50. The van der Waals surface area contributed by atoms with Gasteiger partial charge in [0.15, 0.2) is 0 Å². The number of hydrogen-bond acceptors (Lipinski definition) is 1. The number of aliphatic hydroxyl groups excluding tert-OH is 1. The topological polar surface area (TPSA) is 20.2 Å². The molecule has 0 saturated heterocycles. The van der Waals surface area contributed by atoms with E-state index in [4.69, 9.17) is 5.11 Å². The van der Waals surface area contributed by atoms with E-state index in [0.717, 1.165) is 0 Å². The zero-order chi connectivity index (χ0) is 5.15. The summed E-state index contributed by atoms with van der Waals surface area (Å²) in [6.45, 7) is 0. The molecule has 0 aliphatic carbocycles. The van der Waals surface area contributed by atoms with Crippen molar-refractivity contribution in [3.63, 3.8) is 0 Å². The largest absolute Gasteiger partial charge is 1.00 e. The van der Waals surface area contributed by atoms with E-state index in [1.54, 1.807) is 0 Å². The van der Waals surface area contributed by atoms with Gasteiger partial charge in [-0.05, 0) is 0 Å². The van der Waals surface area contributed by atoms with Crippen LogP contribution in [-0.2, 0) is 0 Å². The molecule has 0 saturated carbocycles. The minimum absolute atomic E-state index is 0. The smallest absolute Gasteiger partial charge is 1.00 e. The molecular formula is C2H4F3LiO. The van der Waals surface area contributed by atoms with Crippen LogP contribution in [0.25, 0.3) is 0 Å². The van der Waals surface area contributed by atoms with Crippen LogP contribution in [0.1, 0.15) is 1.43 Å². The molecule has 0 rings (SSSR count). The number of halogens is 3. The molecular weight excluding hydrogens is 104 g/mol. The molecule has 1 N–H and O–H groups in total. The molecule has 1 nitrogen and oxygen atoms in total.